The van der Waals surface area contributed by atoms with Gasteiger partial charge in [0.05, 0.1) is 22.5 Å². The Bertz CT molecular complexity index is 738. The van der Waals surface area contributed by atoms with Crippen molar-refractivity contribution in [3.05, 3.63) is 56.4 Å². The third kappa shape index (κ3) is 2.68. The number of esters is 1. The topological polar surface area (TPSA) is 130 Å². The molecule has 108 valence electrons. The Kier molecular flexibility index (Phi) is 3.61. The molecule has 1 aromatic heterocycles. The predicted molar refractivity (Wildman–Crippen MR) is 68.2 cm³/mol. The molecule has 1 heterocycles. The normalized spacial score (nSPS) is 10.1. The van der Waals surface area contributed by atoms with Crippen molar-refractivity contribution >= 4 is 17.3 Å². The molecule has 0 bridgehead atoms. The lowest BCUT2D eigenvalue weighted by Crippen LogP contribution is -2.06. The first-order valence-corrected chi connectivity index (χ1v) is 5.50. The van der Waals surface area contributed by atoms with Gasteiger partial charge in [0.2, 0.25) is 0 Å². The van der Waals surface area contributed by atoms with Crippen LogP contribution in [0.1, 0.15) is 10.4 Å². The lowest BCUT2D eigenvalue weighted by Gasteiger charge is -2.05. The van der Waals surface area contributed by atoms with E-state index in [-0.39, 0.29) is 22.6 Å². The molecule has 21 heavy (non-hydrogen) atoms. The quantitative estimate of drug-likeness (QED) is 0.473. The summed E-state index contributed by atoms with van der Waals surface area (Å²) in [5.41, 5.74) is -0.680. The maximum absolute atomic E-state index is 11.5. The predicted octanol–water partition coefficient (Wildman–Crippen LogP) is 1.48. The number of nitro benzene ring substituents is 1. The minimum absolute atomic E-state index is 0.0660. The van der Waals surface area contributed by atoms with Crippen LogP contribution in [-0.4, -0.2) is 32.7 Å². The van der Waals surface area contributed by atoms with Crippen molar-refractivity contribution in [3.63, 3.8) is 0 Å². The molecule has 10 nitrogen and oxygen atoms in total. The van der Waals surface area contributed by atoms with Crippen LogP contribution in [0, 0.1) is 20.2 Å². The van der Waals surface area contributed by atoms with E-state index in [1.807, 2.05) is 0 Å². The van der Waals surface area contributed by atoms with Crippen LogP contribution >= 0.6 is 0 Å². The van der Waals surface area contributed by atoms with E-state index in [1.165, 1.54) is 19.2 Å². The molecule has 0 atom stereocenters. The van der Waals surface area contributed by atoms with Crippen LogP contribution in [-0.2, 0) is 4.74 Å². The molecule has 0 aliphatic carbocycles. The molecule has 1 aromatic carbocycles. The van der Waals surface area contributed by atoms with Gasteiger partial charge in [-0.1, -0.05) is 0 Å². The average Bonchev–Trinajstić information content (AvgIpc) is 2.95. The minimum Gasteiger partial charge on any atom is -0.465 e. The standard InChI is InChI=1S/C11H8N4O6/c1-21-11(16)7-2-3-9(15(19)20)10(4-7)13-6-8(5-12-13)14(17)18/h2-6H,1H3. The van der Waals surface area contributed by atoms with Gasteiger partial charge in [-0.05, 0) is 12.1 Å². The third-order valence-corrected chi connectivity index (χ3v) is 2.62. The number of ether oxygens (including phenoxy) is 1. The number of hydrogen-bond donors (Lipinski definition) is 0. The summed E-state index contributed by atoms with van der Waals surface area (Å²) in [6.45, 7) is 0. The van der Waals surface area contributed by atoms with E-state index in [0.717, 1.165) is 23.1 Å². The van der Waals surface area contributed by atoms with E-state index in [1.54, 1.807) is 0 Å². The number of aromatic nitrogens is 2. The Morgan fingerprint density at radius 2 is 2.00 bits per heavy atom. The summed E-state index contributed by atoms with van der Waals surface area (Å²) in [7, 11) is 1.17. The van der Waals surface area contributed by atoms with Crippen LogP contribution < -0.4 is 0 Å². The number of nitrogens with zero attached hydrogens (tertiary/aromatic N) is 4. The van der Waals surface area contributed by atoms with E-state index >= 15 is 0 Å². The third-order valence-electron chi connectivity index (χ3n) is 2.62. The molecule has 0 spiro atoms. The van der Waals surface area contributed by atoms with Gasteiger partial charge in [0, 0.05) is 6.07 Å². The van der Waals surface area contributed by atoms with Crippen LogP contribution in [0.15, 0.2) is 30.6 Å². The summed E-state index contributed by atoms with van der Waals surface area (Å²) in [5.74, 6) is -0.687. The molecule has 0 unspecified atom stereocenters. The molecule has 2 rings (SSSR count). The van der Waals surface area contributed by atoms with Crippen molar-refractivity contribution in [2.75, 3.05) is 7.11 Å². The van der Waals surface area contributed by atoms with Gasteiger partial charge in [0.15, 0.2) is 0 Å². The van der Waals surface area contributed by atoms with Crippen molar-refractivity contribution in [1.82, 2.24) is 9.78 Å². The number of carbonyl (C=O) groups excluding carboxylic acids is 1. The molecule has 0 saturated heterocycles. The Morgan fingerprint density at radius 1 is 1.29 bits per heavy atom. The summed E-state index contributed by atoms with van der Waals surface area (Å²) < 4.78 is 5.49. The van der Waals surface area contributed by atoms with E-state index in [0.29, 0.717) is 0 Å². The number of nitro groups is 2. The summed E-state index contributed by atoms with van der Waals surface area (Å²) in [4.78, 5) is 31.7. The van der Waals surface area contributed by atoms with E-state index in [2.05, 4.69) is 9.84 Å². The fourth-order valence-corrected chi connectivity index (χ4v) is 1.65. The van der Waals surface area contributed by atoms with E-state index in [9.17, 15) is 25.0 Å². The first-order valence-electron chi connectivity index (χ1n) is 5.50. The minimum atomic E-state index is -0.687. The average molecular weight is 292 g/mol. The van der Waals surface area contributed by atoms with Crippen molar-refractivity contribution in [2.45, 2.75) is 0 Å². The summed E-state index contributed by atoms with van der Waals surface area (Å²) in [6, 6.07) is 3.52. The summed E-state index contributed by atoms with van der Waals surface area (Å²) in [6.07, 6.45) is 1.97. The zero-order chi connectivity index (χ0) is 15.6. The highest BCUT2D eigenvalue weighted by Gasteiger charge is 2.21. The molecule has 0 radical (unpaired) electrons. The molecule has 0 saturated carbocycles. The highest BCUT2D eigenvalue weighted by atomic mass is 16.6. The molecular formula is C11H8N4O6. The zero-order valence-corrected chi connectivity index (χ0v) is 10.6. The number of rotatable bonds is 4. The van der Waals surface area contributed by atoms with E-state index < -0.39 is 15.8 Å². The first kappa shape index (κ1) is 14.1. The number of hydrogen-bond acceptors (Lipinski definition) is 7. The fourth-order valence-electron chi connectivity index (χ4n) is 1.65. The molecule has 2 aromatic rings. The second-order valence-electron chi connectivity index (χ2n) is 3.85. The summed E-state index contributed by atoms with van der Waals surface area (Å²) in [5, 5.41) is 25.3. The molecular weight excluding hydrogens is 284 g/mol. The second kappa shape index (κ2) is 5.36. The lowest BCUT2D eigenvalue weighted by atomic mass is 10.1. The molecule has 0 fully saturated rings. The monoisotopic (exact) mass is 292 g/mol. The van der Waals surface area contributed by atoms with Gasteiger partial charge >= 0.3 is 11.7 Å². The van der Waals surface area contributed by atoms with Crippen molar-refractivity contribution in [3.8, 4) is 5.69 Å². The van der Waals surface area contributed by atoms with Gasteiger partial charge in [0.25, 0.3) is 5.69 Å². The SMILES string of the molecule is COC(=O)c1ccc([N+](=O)[O-])c(-n2cc([N+](=O)[O-])cn2)c1. The van der Waals surface area contributed by atoms with Gasteiger partial charge < -0.3 is 4.74 Å². The molecule has 0 amide bonds. The van der Waals surface area contributed by atoms with Crippen molar-refractivity contribution < 1.29 is 19.4 Å². The van der Waals surface area contributed by atoms with Gasteiger partial charge in [-0.15, -0.1) is 0 Å². The van der Waals surface area contributed by atoms with Crippen LogP contribution in [0.4, 0.5) is 11.4 Å². The maximum Gasteiger partial charge on any atom is 0.337 e. The van der Waals surface area contributed by atoms with Gasteiger partial charge in [-0.3, -0.25) is 20.2 Å². The Balaban J connectivity index is 2.59. The van der Waals surface area contributed by atoms with Gasteiger partial charge in [-0.2, -0.15) is 5.10 Å². The zero-order valence-electron chi connectivity index (χ0n) is 10.6. The summed E-state index contributed by atoms with van der Waals surface area (Å²) >= 11 is 0. The smallest absolute Gasteiger partial charge is 0.337 e. The van der Waals surface area contributed by atoms with Crippen LogP contribution in [0.5, 0.6) is 0 Å². The number of benzene rings is 1. The first-order chi connectivity index (χ1) is 9.93. The van der Waals surface area contributed by atoms with E-state index in [4.69, 9.17) is 0 Å². The van der Waals surface area contributed by atoms with Crippen LogP contribution in [0.25, 0.3) is 5.69 Å². The second-order valence-corrected chi connectivity index (χ2v) is 3.85. The number of methoxy groups -OCH3 is 1. The Labute approximate surface area is 116 Å². The van der Waals surface area contributed by atoms with Crippen molar-refractivity contribution in [2.24, 2.45) is 0 Å². The van der Waals surface area contributed by atoms with Crippen LogP contribution in [0.3, 0.4) is 0 Å². The highest BCUT2D eigenvalue weighted by molar-refractivity contribution is 5.90. The van der Waals surface area contributed by atoms with Gasteiger partial charge in [0.1, 0.15) is 18.1 Å². The molecule has 0 N–H and O–H groups in total. The lowest BCUT2D eigenvalue weighted by molar-refractivity contribution is -0.385. The van der Waals surface area contributed by atoms with Crippen molar-refractivity contribution in [1.29, 1.82) is 0 Å². The van der Waals surface area contributed by atoms with Crippen LogP contribution in [0.2, 0.25) is 0 Å². The largest absolute Gasteiger partial charge is 0.465 e. The highest BCUT2D eigenvalue weighted by Crippen LogP contribution is 2.25. The molecule has 0 aliphatic heterocycles. The number of carbonyl (C=O) groups is 1. The van der Waals surface area contributed by atoms with Gasteiger partial charge in [-0.25, -0.2) is 9.48 Å². The Morgan fingerprint density at radius 3 is 2.52 bits per heavy atom. The fraction of sp³-hybridized carbons (Fsp3) is 0.0909. The Hall–Kier alpha value is -3.30. The maximum atomic E-state index is 11.5. The molecule has 10 heteroatoms. The molecule has 0 aliphatic rings.